The highest BCUT2D eigenvalue weighted by Gasteiger charge is 2.32. The predicted molar refractivity (Wildman–Crippen MR) is 71.7 cm³/mol. The summed E-state index contributed by atoms with van der Waals surface area (Å²) >= 11 is 0. The number of ether oxygens (including phenoxy) is 3. The quantitative estimate of drug-likeness (QED) is 0.653. The van der Waals surface area contributed by atoms with Crippen LogP contribution in [0.15, 0.2) is 0 Å². The lowest BCUT2D eigenvalue weighted by Gasteiger charge is -2.34. The number of nitrogens with zero attached hydrogens (tertiary/aromatic N) is 1. The lowest BCUT2D eigenvalue weighted by Crippen LogP contribution is -2.50. The first-order valence-corrected chi connectivity index (χ1v) is 6.80. The van der Waals surface area contributed by atoms with E-state index in [0.29, 0.717) is 25.9 Å². The summed E-state index contributed by atoms with van der Waals surface area (Å²) in [6.07, 6.45) is 2.83. The smallest absolute Gasteiger partial charge is 0.0747 e. The molecule has 1 fully saturated rings. The van der Waals surface area contributed by atoms with E-state index in [4.69, 9.17) is 19.9 Å². The molecule has 0 spiro atoms. The fraction of sp³-hybridized carbons (Fsp3) is 1.00. The molecule has 3 atom stereocenters. The van der Waals surface area contributed by atoms with Gasteiger partial charge in [0, 0.05) is 39.9 Å². The average molecular weight is 260 g/mol. The van der Waals surface area contributed by atoms with Crippen LogP contribution in [0, 0.1) is 0 Å². The van der Waals surface area contributed by atoms with Gasteiger partial charge in [0.15, 0.2) is 0 Å². The summed E-state index contributed by atoms with van der Waals surface area (Å²) in [5.74, 6) is 0. The van der Waals surface area contributed by atoms with Crippen LogP contribution in [0.5, 0.6) is 0 Å². The van der Waals surface area contributed by atoms with Crippen molar-refractivity contribution in [2.75, 3.05) is 47.1 Å². The summed E-state index contributed by atoms with van der Waals surface area (Å²) in [6.45, 7) is 5.91. The fourth-order valence-corrected chi connectivity index (χ4v) is 2.51. The number of rotatable bonds is 9. The predicted octanol–water partition coefficient (Wildman–Crippen LogP) is 0.476. The Labute approximate surface area is 111 Å². The van der Waals surface area contributed by atoms with Gasteiger partial charge in [-0.2, -0.15) is 0 Å². The third-order valence-corrected chi connectivity index (χ3v) is 3.57. The van der Waals surface area contributed by atoms with E-state index in [-0.39, 0.29) is 12.1 Å². The van der Waals surface area contributed by atoms with Crippen LogP contribution in [-0.4, -0.2) is 70.2 Å². The van der Waals surface area contributed by atoms with Crippen molar-refractivity contribution in [3.63, 3.8) is 0 Å². The van der Waals surface area contributed by atoms with Gasteiger partial charge in [0.2, 0.25) is 0 Å². The second-order valence-electron chi connectivity index (χ2n) is 4.89. The third kappa shape index (κ3) is 4.82. The normalized spacial score (nSPS) is 25.8. The minimum atomic E-state index is 0.249. The van der Waals surface area contributed by atoms with Gasteiger partial charge in [-0.05, 0) is 19.8 Å². The lowest BCUT2D eigenvalue weighted by molar-refractivity contribution is -0.0162. The molecule has 2 N–H and O–H groups in total. The van der Waals surface area contributed by atoms with Gasteiger partial charge in [-0.15, -0.1) is 0 Å². The highest BCUT2D eigenvalue weighted by molar-refractivity contribution is 4.85. The highest BCUT2D eigenvalue weighted by atomic mass is 16.5. The lowest BCUT2D eigenvalue weighted by atomic mass is 10.1. The van der Waals surface area contributed by atoms with Gasteiger partial charge >= 0.3 is 0 Å². The fourth-order valence-electron chi connectivity index (χ4n) is 2.51. The summed E-state index contributed by atoms with van der Waals surface area (Å²) in [6, 6.07) is 0.264. The van der Waals surface area contributed by atoms with Gasteiger partial charge in [-0.25, -0.2) is 0 Å². The molecular formula is C13H28N2O3. The molecule has 5 heteroatoms. The molecule has 0 aliphatic carbocycles. The number of hydrogen-bond donors (Lipinski definition) is 1. The van der Waals surface area contributed by atoms with Crippen LogP contribution in [0.4, 0.5) is 0 Å². The zero-order valence-corrected chi connectivity index (χ0v) is 11.9. The first-order chi connectivity index (χ1) is 8.72. The van der Waals surface area contributed by atoms with Crippen molar-refractivity contribution in [3.05, 3.63) is 0 Å². The Balaban J connectivity index is 2.54. The van der Waals surface area contributed by atoms with Gasteiger partial charge in [-0.3, -0.25) is 4.90 Å². The molecule has 1 saturated heterocycles. The first kappa shape index (κ1) is 15.9. The molecule has 1 rings (SSSR count). The standard InChI is InChI=1S/C13H28N2O3/c1-11-4-5-13(18-11)12(10-14)15(6-8-16-2)7-9-17-3/h11-13H,4-10,14H2,1-3H3. The molecule has 3 unspecified atom stereocenters. The molecular weight excluding hydrogens is 232 g/mol. The molecule has 0 aromatic carbocycles. The van der Waals surface area contributed by atoms with E-state index in [9.17, 15) is 0 Å². The van der Waals surface area contributed by atoms with Crippen molar-refractivity contribution in [1.82, 2.24) is 4.90 Å². The van der Waals surface area contributed by atoms with Crippen molar-refractivity contribution >= 4 is 0 Å². The van der Waals surface area contributed by atoms with Crippen molar-refractivity contribution in [2.45, 2.75) is 38.0 Å². The van der Waals surface area contributed by atoms with Crippen LogP contribution in [0.25, 0.3) is 0 Å². The Bertz CT molecular complexity index is 208. The Kier molecular flexibility index (Phi) is 7.77. The Morgan fingerprint density at radius 2 is 1.83 bits per heavy atom. The molecule has 0 radical (unpaired) electrons. The van der Waals surface area contributed by atoms with E-state index < -0.39 is 0 Å². The van der Waals surface area contributed by atoms with Gasteiger partial charge in [0.05, 0.1) is 25.4 Å². The van der Waals surface area contributed by atoms with Crippen LogP contribution in [0.2, 0.25) is 0 Å². The molecule has 108 valence electrons. The summed E-state index contributed by atoms with van der Waals surface area (Å²) in [4.78, 5) is 2.33. The van der Waals surface area contributed by atoms with E-state index in [2.05, 4.69) is 11.8 Å². The SMILES string of the molecule is COCCN(CCOC)C(CN)C1CCC(C)O1. The van der Waals surface area contributed by atoms with Crippen LogP contribution in [0.3, 0.4) is 0 Å². The van der Waals surface area contributed by atoms with Crippen LogP contribution >= 0.6 is 0 Å². The molecule has 1 aliphatic heterocycles. The molecule has 18 heavy (non-hydrogen) atoms. The van der Waals surface area contributed by atoms with Crippen molar-refractivity contribution < 1.29 is 14.2 Å². The first-order valence-electron chi connectivity index (χ1n) is 6.80. The monoisotopic (exact) mass is 260 g/mol. The molecule has 0 amide bonds. The number of methoxy groups -OCH3 is 2. The summed E-state index contributed by atoms with van der Waals surface area (Å²) in [5, 5.41) is 0. The summed E-state index contributed by atoms with van der Waals surface area (Å²) in [7, 11) is 3.44. The van der Waals surface area contributed by atoms with E-state index >= 15 is 0 Å². The molecule has 0 bridgehead atoms. The highest BCUT2D eigenvalue weighted by Crippen LogP contribution is 2.24. The average Bonchev–Trinajstić information content (AvgIpc) is 2.79. The second-order valence-corrected chi connectivity index (χ2v) is 4.89. The van der Waals surface area contributed by atoms with Gasteiger partial charge in [0.25, 0.3) is 0 Å². The van der Waals surface area contributed by atoms with E-state index in [1.807, 2.05) is 0 Å². The zero-order chi connectivity index (χ0) is 13.4. The minimum Gasteiger partial charge on any atom is -0.383 e. The van der Waals surface area contributed by atoms with E-state index in [1.54, 1.807) is 14.2 Å². The molecule has 0 aromatic rings. The second kappa shape index (κ2) is 8.82. The molecule has 1 aliphatic rings. The zero-order valence-electron chi connectivity index (χ0n) is 11.9. The maximum atomic E-state index is 5.95. The van der Waals surface area contributed by atoms with Gasteiger partial charge in [0.1, 0.15) is 0 Å². The largest absolute Gasteiger partial charge is 0.383 e. The van der Waals surface area contributed by atoms with Gasteiger partial charge in [-0.1, -0.05) is 0 Å². The Morgan fingerprint density at radius 3 is 2.22 bits per heavy atom. The van der Waals surface area contributed by atoms with Crippen molar-refractivity contribution in [1.29, 1.82) is 0 Å². The maximum absolute atomic E-state index is 5.95. The molecule has 0 aromatic heterocycles. The third-order valence-electron chi connectivity index (χ3n) is 3.57. The number of nitrogens with two attached hydrogens (primary N) is 1. The van der Waals surface area contributed by atoms with Crippen LogP contribution in [0.1, 0.15) is 19.8 Å². The van der Waals surface area contributed by atoms with Gasteiger partial charge < -0.3 is 19.9 Å². The molecule has 1 heterocycles. The summed E-state index contributed by atoms with van der Waals surface area (Å²) in [5.41, 5.74) is 5.94. The maximum Gasteiger partial charge on any atom is 0.0747 e. The minimum absolute atomic E-state index is 0.249. The van der Waals surface area contributed by atoms with Crippen molar-refractivity contribution in [3.8, 4) is 0 Å². The van der Waals surface area contributed by atoms with Crippen LogP contribution < -0.4 is 5.73 Å². The Morgan fingerprint density at radius 1 is 1.22 bits per heavy atom. The Hall–Kier alpha value is -0.200. The molecule has 5 nitrogen and oxygen atoms in total. The topological polar surface area (TPSA) is 57.0 Å². The summed E-state index contributed by atoms with van der Waals surface area (Å²) < 4.78 is 16.3. The van der Waals surface area contributed by atoms with Crippen molar-refractivity contribution in [2.24, 2.45) is 5.73 Å². The van der Waals surface area contributed by atoms with E-state index in [1.165, 1.54) is 0 Å². The molecule has 0 saturated carbocycles. The van der Waals surface area contributed by atoms with Crippen LogP contribution in [-0.2, 0) is 14.2 Å². The van der Waals surface area contributed by atoms with E-state index in [0.717, 1.165) is 25.9 Å². The number of hydrogen-bond acceptors (Lipinski definition) is 5.